The lowest BCUT2D eigenvalue weighted by atomic mass is 10.0. The lowest BCUT2D eigenvalue weighted by molar-refractivity contribution is 0.107. The van der Waals surface area contributed by atoms with E-state index in [1.54, 1.807) is 24.3 Å². The van der Waals surface area contributed by atoms with Gasteiger partial charge in [0.15, 0.2) is 5.76 Å². The predicted octanol–water partition coefficient (Wildman–Crippen LogP) is 4.50. The molecule has 0 N–H and O–H groups in total. The molecular weight excluding hydrogens is 273 g/mol. The van der Waals surface area contributed by atoms with Gasteiger partial charge in [0, 0.05) is 16.5 Å². The van der Waals surface area contributed by atoms with Crippen molar-refractivity contribution in [1.82, 2.24) is 5.16 Å². The lowest BCUT2D eigenvalue weighted by Crippen LogP contribution is -1.97. The third-order valence-corrected chi connectivity index (χ3v) is 3.00. The van der Waals surface area contributed by atoms with Gasteiger partial charge in [-0.1, -0.05) is 42.7 Å². The summed E-state index contributed by atoms with van der Waals surface area (Å²) < 4.78 is 5.21. The van der Waals surface area contributed by atoms with Crippen molar-refractivity contribution in [2.75, 3.05) is 0 Å². The topological polar surface area (TPSA) is 43.1 Å². The second kappa shape index (κ2) is 5.12. The second-order valence-electron chi connectivity index (χ2n) is 4.21. The first-order valence-corrected chi connectivity index (χ1v) is 6.21. The van der Waals surface area contributed by atoms with E-state index in [1.165, 1.54) is 0 Å². The lowest BCUT2D eigenvalue weighted by Gasteiger charge is -2.02. The van der Waals surface area contributed by atoms with Crippen LogP contribution in [0.4, 0.5) is 0 Å². The molecule has 2 aromatic rings. The van der Waals surface area contributed by atoms with E-state index in [-0.39, 0.29) is 5.92 Å². The Hall–Kier alpha value is -1.32. The number of hydrogen-bond donors (Lipinski definition) is 0. The molecule has 2 rings (SSSR count). The van der Waals surface area contributed by atoms with E-state index < -0.39 is 5.24 Å². The Morgan fingerprint density at radius 2 is 1.89 bits per heavy atom. The van der Waals surface area contributed by atoms with Crippen molar-refractivity contribution in [1.29, 1.82) is 0 Å². The Labute approximate surface area is 115 Å². The quantitative estimate of drug-likeness (QED) is 0.779. The van der Waals surface area contributed by atoms with Gasteiger partial charge in [0.25, 0.3) is 5.24 Å². The van der Waals surface area contributed by atoms with Crippen LogP contribution < -0.4 is 0 Å². The molecule has 0 atom stereocenters. The zero-order valence-electron chi connectivity index (χ0n) is 9.91. The van der Waals surface area contributed by atoms with Crippen molar-refractivity contribution in [3.05, 3.63) is 40.6 Å². The summed E-state index contributed by atoms with van der Waals surface area (Å²) in [5.74, 6) is 0.538. The molecule has 0 aliphatic heterocycles. The Kier molecular flexibility index (Phi) is 3.73. The molecule has 0 amide bonds. The average Bonchev–Trinajstić information content (AvgIpc) is 2.74. The Bertz CT molecular complexity index is 573. The Morgan fingerprint density at radius 3 is 2.39 bits per heavy atom. The van der Waals surface area contributed by atoms with Gasteiger partial charge in [0.1, 0.15) is 11.3 Å². The predicted molar refractivity (Wildman–Crippen MR) is 71.2 cm³/mol. The molecule has 0 fully saturated rings. The van der Waals surface area contributed by atoms with Gasteiger partial charge in [-0.2, -0.15) is 0 Å². The van der Waals surface area contributed by atoms with Crippen LogP contribution in [0.1, 0.15) is 35.9 Å². The minimum Gasteiger partial charge on any atom is -0.360 e. The third kappa shape index (κ3) is 2.42. The largest absolute Gasteiger partial charge is 0.360 e. The van der Waals surface area contributed by atoms with Gasteiger partial charge in [-0.3, -0.25) is 4.79 Å². The molecule has 18 heavy (non-hydrogen) atoms. The van der Waals surface area contributed by atoms with Gasteiger partial charge in [-0.25, -0.2) is 0 Å². The minimum absolute atomic E-state index is 0.0382. The normalized spacial score (nSPS) is 10.9. The fraction of sp³-hybridized carbons (Fsp3) is 0.231. The molecule has 0 spiro atoms. The highest BCUT2D eigenvalue weighted by molar-refractivity contribution is 6.68. The molecule has 0 bridgehead atoms. The highest BCUT2D eigenvalue weighted by Crippen LogP contribution is 2.31. The van der Waals surface area contributed by atoms with Gasteiger partial charge >= 0.3 is 0 Å². The van der Waals surface area contributed by atoms with E-state index in [0.717, 1.165) is 5.56 Å². The van der Waals surface area contributed by atoms with Crippen LogP contribution in [0, 0.1) is 0 Å². The molecule has 1 aromatic carbocycles. The first-order chi connectivity index (χ1) is 8.50. The summed E-state index contributed by atoms with van der Waals surface area (Å²) in [6, 6.07) is 6.99. The second-order valence-corrected chi connectivity index (χ2v) is 4.99. The summed E-state index contributed by atoms with van der Waals surface area (Å²) in [5, 5.41) is 3.99. The molecule has 0 saturated heterocycles. The third-order valence-electron chi connectivity index (χ3n) is 2.56. The zero-order valence-corrected chi connectivity index (χ0v) is 11.4. The van der Waals surface area contributed by atoms with Crippen LogP contribution in [0.15, 0.2) is 28.8 Å². The number of halogens is 2. The van der Waals surface area contributed by atoms with Crippen LogP contribution >= 0.6 is 23.2 Å². The molecule has 5 heteroatoms. The van der Waals surface area contributed by atoms with E-state index in [2.05, 4.69) is 5.16 Å². The fourth-order valence-corrected chi connectivity index (χ4v) is 2.00. The summed E-state index contributed by atoms with van der Waals surface area (Å²) in [4.78, 5) is 11.5. The van der Waals surface area contributed by atoms with Crippen molar-refractivity contribution in [2.45, 2.75) is 19.8 Å². The molecule has 0 radical (unpaired) electrons. The molecule has 0 unspecified atom stereocenters. The van der Waals surface area contributed by atoms with E-state index in [9.17, 15) is 4.79 Å². The number of aromatic nitrogens is 1. The highest BCUT2D eigenvalue weighted by atomic mass is 35.5. The maximum Gasteiger partial charge on any atom is 0.258 e. The number of carbonyl (C=O) groups excluding carboxylic acids is 1. The number of rotatable bonds is 3. The smallest absolute Gasteiger partial charge is 0.258 e. The summed E-state index contributed by atoms with van der Waals surface area (Å²) in [7, 11) is 0. The monoisotopic (exact) mass is 283 g/mol. The van der Waals surface area contributed by atoms with E-state index in [1.807, 2.05) is 13.8 Å². The van der Waals surface area contributed by atoms with Crippen LogP contribution in [0.5, 0.6) is 0 Å². The number of hydrogen-bond acceptors (Lipinski definition) is 3. The van der Waals surface area contributed by atoms with Gasteiger partial charge < -0.3 is 4.52 Å². The SMILES string of the molecule is CC(C)c1onc(-c2ccc(Cl)cc2)c1C(=O)Cl. The number of benzene rings is 1. The molecule has 0 aliphatic rings. The Balaban J connectivity index is 2.58. The summed E-state index contributed by atoms with van der Waals surface area (Å²) in [6.07, 6.45) is 0. The molecular formula is C13H11Cl2NO2. The summed E-state index contributed by atoms with van der Waals surface area (Å²) in [5.41, 5.74) is 1.53. The van der Waals surface area contributed by atoms with Crippen LogP contribution in [-0.4, -0.2) is 10.4 Å². The first kappa shape index (κ1) is 13.1. The van der Waals surface area contributed by atoms with Gasteiger partial charge in [0.2, 0.25) is 0 Å². The van der Waals surface area contributed by atoms with Crippen molar-refractivity contribution < 1.29 is 9.32 Å². The standard InChI is InChI=1S/C13H11Cl2NO2/c1-7(2)12-10(13(15)17)11(16-18-12)8-3-5-9(14)6-4-8/h3-7H,1-2H3. The zero-order chi connectivity index (χ0) is 13.3. The molecule has 0 saturated carbocycles. The van der Waals surface area contributed by atoms with Crippen LogP contribution in [0.25, 0.3) is 11.3 Å². The number of nitrogens with zero attached hydrogens (tertiary/aromatic N) is 1. The molecule has 0 aliphatic carbocycles. The fourth-order valence-electron chi connectivity index (χ4n) is 1.69. The summed E-state index contributed by atoms with van der Waals surface area (Å²) >= 11 is 11.4. The average molecular weight is 284 g/mol. The molecule has 1 aromatic heterocycles. The molecule has 1 heterocycles. The van der Waals surface area contributed by atoms with Gasteiger partial charge in [0.05, 0.1) is 0 Å². The van der Waals surface area contributed by atoms with Crippen LogP contribution in [0.2, 0.25) is 5.02 Å². The van der Waals surface area contributed by atoms with E-state index >= 15 is 0 Å². The maximum atomic E-state index is 11.5. The van der Waals surface area contributed by atoms with Crippen LogP contribution in [-0.2, 0) is 0 Å². The van der Waals surface area contributed by atoms with E-state index in [4.69, 9.17) is 27.7 Å². The maximum absolute atomic E-state index is 11.5. The summed E-state index contributed by atoms with van der Waals surface area (Å²) in [6.45, 7) is 3.82. The van der Waals surface area contributed by atoms with Gasteiger partial charge in [-0.05, 0) is 23.7 Å². The van der Waals surface area contributed by atoms with Crippen molar-refractivity contribution >= 4 is 28.4 Å². The van der Waals surface area contributed by atoms with Crippen LogP contribution in [0.3, 0.4) is 0 Å². The Morgan fingerprint density at radius 1 is 1.28 bits per heavy atom. The minimum atomic E-state index is -0.565. The van der Waals surface area contributed by atoms with Gasteiger partial charge in [-0.15, -0.1) is 0 Å². The molecule has 3 nitrogen and oxygen atoms in total. The van der Waals surface area contributed by atoms with Crippen molar-refractivity contribution in [2.24, 2.45) is 0 Å². The van der Waals surface area contributed by atoms with Crippen molar-refractivity contribution in [3.8, 4) is 11.3 Å². The first-order valence-electron chi connectivity index (χ1n) is 5.46. The van der Waals surface area contributed by atoms with Crippen molar-refractivity contribution in [3.63, 3.8) is 0 Å². The highest BCUT2D eigenvalue weighted by Gasteiger charge is 2.24. The number of carbonyl (C=O) groups is 1. The van der Waals surface area contributed by atoms with E-state index in [0.29, 0.717) is 22.0 Å². The molecule has 94 valence electrons.